The van der Waals surface area contributed by atoms with Crippen LogP contribution in [0.3, 0.4) is 0 Å². The van der Waals surface area contributed by atoms with Crippen molar-refractivity contribution in [2.24, 2.45) is 0 Å². The van der Waals surface area contributed by atoms with Gasteiger partial charge in [0.05, 0.1) is 6.33 Å². The lowest BCUT2D eigenvalue weighted by atomic mass is 10.1. The fraction of sp³-hybridized carbons (Fsp3) is 0.500. The van der Waals surface area contributed by atoms with Crippen molar-refractivity contribution in [3.8, 4) is 12.3 Å². The average Bonchev–Trinajstić information content (AvgIpc) is 2.91. The van der Waals surface area contributed by atoms with Gasteiger partial charge >= 0.3 is 5.97 Å². The Labute approximate surface area is 118 Å². The number of rotatable bonds is 8. The molecule has 20 heavy (non-hydrogen) atoms. The molecule has 0 aliphatic carbocycles. The number of carboxylic acids is 1. The molecular weight excluding hydrogens is 258 g/mol. The Bertz CT molecular complexity index is 476. The fourth-order valence-electron chi connectivity index (χ4n) is 1.96. The Balaban J connectivity index is 2.62. The van der Waals surface area contributed by atoms with Crippen molar-refractivity contribution >= 4 is 11.9 Å². The molecule has 2 N–H and O–H groups in total. The molecule has 0 saturated heterocycles. The lowest BCUT2D eigenvalue weighted by molar-refractivity contribution is -0.141. The van der Waals surface area contributed by atoms with Gasteiger partial charge in [-0.1, -0.05) is 13.3 Å². The maximum Gasteiger partial charge on any atom is 0.327 e. The predicted octanol–water partition coefficient (Wildman–Crippen LogP) is 1.21. The lowest BCUT2D eigenvalue weighted by Gasteiger charge is -2.19. The van der Waals surface area contributed by atoms with Crippen molar-refractivity contribution in [1.82, 2.24) is 14.9 Å². The number of aliphatic carboxylic acids is 1. The first kappa shape index (κ1) is 15.8. The number of nitrogens with one attached hydrogen (secondary N) is 1. The van der Waals surface area contributed by atoms with Crippen LogP contribution >= 0.6 is 0 Å². The van der Waals surface area contributed by atoms with Crippen LogP contribution < -0.4 is 5.32 Å². The van der Waals surface area contributed by atoms with Crippen molar-refractivity contribution in [1.29, 1.82) is 0 Å². The second-order valence-corrected chi connectivity index (χ2v) is 4.52. The number of imidazole rings is 1. The van der Waals surface area contributed by atoms with Gasteiger partial charge in [0.1, 0.15) is 6.04 Å². The minimum absolute atomic E-state index is 0.0232. The number of amides is 1. The van der Waals surface area contributed by atoms with Gasteiger partial charge < -0.3 is 15.0 Å². The fourth-order valence-corrected chi connectivity index (χ4v) is 1.96. The number of carbonyl (C=O) groups excluding carboxylic acids is 1. The third-order valence-corrected chi connectivity index (χ3v) is 2.94. The van der Waals surface area contributed by atoms with E-state index >= 15 is 0 Å². The zero-order valence-corrected chi connectivity index (χ0v) is 11.5. The Morgan fingerprint density at radius 3 is 2.80 bits per heavy atom. The summed E-state index contributed by atoms with van der Waals surface area (Å²) >= 11 is 0. The van der Waals surface area contributed by atoms with Gasteiger partial charge in [0.25, 0.3) is 0 Å². The van der Waals surface area contributed by atoms with Crippen LogP contribution in [0.1, 0.15) is 38.6 Å². The van der Waals surface area contributed by atoms with Crippen molar-refractivity contribution in [3.05, 3.63) is 18.7 Å². The van der Waals surface area contributed by atoms with E-state index in [1.807, 2.05) is 11.5 Å². The molecule has 0 aliphatic rings. The third-order valence-electron chi connectivity index (χ3n) is 2.94. The first-order valence-electron chi connectivity index (χ1n) is 6.51. The monoisotopic (exact) mass is 277 g/mol. The highest BCUT2D eigenvalue weighted by molar-refractivity contribution is 5.83. The van der Waals surface area contributed by atoms with E-state index in [0.717, 1.165) is 12.8 Å². The first-order valence-corrected chi connectivity index (χ1v) is 6.51. The molecule has 1 aromatic rings. The van der Waals surface area contributed by atoms with Gasteiger partial charge in [0.15, 0.2) is 0 Å². The van der Waals surface area contributed by atoms with Gasteiger partial charge in [0, 0.05) is 31.3 Å². The molecule has 2 unspecified atom stereocenters. The number of carbonyl (C=O) groups is 2. The van der Waals surface area contributed by atoms with Gasteiger partial charge in [-0.05, 0) is 6.42 Å². The number of aromatic nitrogens is 2. The van der Waals surface area contributed by atoms with E-state index in [1.165, 1.54) is 0 Å². The van der Waals surface area contributed by atoms with Gasteiger partial charge in [-0.2, -0.15) is 0 Å². The molecule has 0 spiro atoms. The zero-order valence-electron chi connectivity index (χ0n) is 11.5. The summed E-state index contributed by atoms with van der Waals surface area (Å²) in [5, 5.41) is 11.4. The molecule has 1 heterocycles. The van der Waals surface area contributed by atoms with E-state index in [9.17, 15) is 9.59 Å². The van der Waals surface area contributed by atoms with E-state index < -0.39 is 12.0 Å². The molecule has 0 aromatic carbocycles. The van der Waals surface area contributed by atoms with Gasteiger partial charge in [0.2, 0.25) is 5.91 Å². The van der Waals surface area contributed by atoms with E-state index in [4.69, 9.17) is 11.5 Å². The molecule has 1 aromatic heterocycles. The van der Waals surface area contributed by atoms with Crippen molar-refractivity contribution in [2.45, 2.75) is 44.7 Å². The molecule has 0 radical (unpaired) electrons. The van der Waals surface area contributed by atoms with E-state index in [1.54, 1.807) is 18.7 Å². The summed E-state index contributed by atoms with van der Waals surface area (Å²) < 4.78 is 1.86. The summed E-state index contributed by atoms with van der Waals surface area (Å²) in [6.07, 6.45) is 12.1. The third kappa shape index (κ3) is 4.76. The van der Waals surface area contributed by atoms with Crippen LogP contribution in [0, 0.1) is 12.3 Å². The molecule has 6 nitrogen and oxygen atoms in total. The molecule has 6 heteroatoms. The zero-order chi connectivity index (χ0) is 15.0. The summed E-state index contributed by atoms with van der Waals surface area (Å²) in [5.74, 6) is 0.811. The van der Waals surface area contributed by atoms with Crippen LogP contribution in [-0.2, 0) is 9.59 Å². The average molecular weight is 277 g/mol. The molecule has 0 saturated carbocycles. The maximum absolute atomic E-state index is 11.9. The van der Waals surface area contributed by atoms with Crippen LogP contribution in [0.25, 0.3) is 0 Å². The molecule has 0 fully saturated rings. The number of carboxylic acid groups (broad SMARTS) is 1. The molecular formula is C14H19N3O3. The quantitative estimate of drug-likeness (QED) is 0.699. The van der Waals surface area contributed by atoms with Crippen LogP contribution in [-0.4, -0.2) is 32.6 Å². The Morgan fingerprint density at radius 2 is 2.30 bits per heavy atom. The number of hydrogen-bond acceptors (Lipinski definition) is 3. The minimum atomic E-state index is -1.12. The Kier molecular flexibility index (Phi) is 6.30. The lowest BCUT2D eigenvalue weighted by Crippen LogP contribution is -2.41. The van der Waals surface area contributed by atoms with Crippen LogP contribution in [0.4, 0.5) is 0 Å². The topological polar surface area (TPSA) is 84.2 Å². The summed E-state index contributed by atoms with van der Waals surface area (Å²) in [6, 6.07) is -1.06. The standard InChI is InChI=1S/C14H19N3O3/c1-3-5-11(17-8-7-15-10-17)9-13(18)16-12(6-4-2)14(19)20/h2,7-8,10-12H,3,5-6,9H2,1H3,(H,16,18)(H,19,20). The molecule has 0 aliphatic heterocycles. The number of terminal acetylenes is 1. The van der Waals surface area contributed by atoms with Gasteiger partial charge in [-0.25, -0.2) is 9.78 Å². The normalized spacial score (nSPS) is 13.2. The highest BCUT2D eigenvalue weighted by Gasteiger charge is 2.21. The second-order valence-electron chi connectivity index (χ2n) is 4.52. The number of nitrogens with zero attached hydrogens (tertiary/aromatic N) is 2. The summed E-state index contributed by atoms with van der Waals surface area (Å²) in [7, 11) is 0. The van der Waals surface area contributed by atoms with Gasteiger partial charge in [-0.3, -0.25) is 4.79 Å². The predicted molar refractivity (Wildman–Crippen MR) is 73.8 cm³/mol. The van der Waals surface area contributed by atoms with Gasteiger partial charge in [-0.15, -0.1) is 12.3 Å². The molecule has 1 amide bonds. The van der Waals surface area contributed by atoms with Crippen LogP contribution in [0.15, 0.2) is 18.7 Å². The molecule has 108 valence electrons. The Hall–Kier alpha value is -2.29. The number of hydrogen-bond donors (Lipinski definition) is 2. The van der Waals surface area contributed by atoms with Crippen molar-refractivity contribution < 1.29 is 14.7 Å². The van der Waals surface area contributed by atoms with E-state index in [0.29, 0.717) is 0 Å². The largest absolute Gasteiger partial charge is 0.480 e. The minimum Gasteiger partial charge on any atom is -0.480 e. The van der Waals surface area contributed by atoms with Crippen LogP contribution in [0.5, 0.6) is 0 Å². The van der Waals surface area contributed by atoms with Crippen molar-refractivity contribution in [2.75, 3.05) is 0 Å². The van der Waals surface area contributed by atoms with E-state index in [-0.39, 0.29) is 24.8 Å². The van der Waals surface area contributed by atoms with Crippen LogP contribution in [0.2, 0.25) is 0 Å². The first-order chi connectivity index (χ1) is 9.58. The molecule has 1 rings (SSSR count). The summed E-state index contributed by atoms with van der Waals surface area (Å²) in [5.41, 5.74) is 0. The smallest absolute Gasteiger partial charge is 0.327 e. The van der Waals surface area contributed by atoms with Crippen molar-refractivity contribution in [3.63, 3.8) is 0 Å². The maximum atomic E-state index is 11.9. The summed E-state index contributed by atoms with van der Waals surface area (Å²) in [6.45, 7) is 2.03. The molecule has 0 bridgehead atoms. The second kappa shape index (κ2) is 8.00. The van der Waals surface area contributed by atoms with E-state index in [2.05, 4.69) is 16.2 Å². The molecule has 2 atom stereocenters. The Morgan fingerprint density at radius 1 is 1.55 bits per heavy atom. The SMILES string of the molecule is C#CCC(NC(=O)CC(CCC)n1ccnc1)C(=O)O. The highest BCUT2D eigenvalue weighted by atomic mass is 16.4. The highest BCUT2D eigenvalue weighted by Crippen LogP contribution is 2.17. The summed E-state index contributed by atoms with van der Waals surface area (Å²) in [4.78, 5) is 26.8.